The van der Waals surface area contributed by atoms with Crippen LogP contribution in [-0.2, 0) is 0 Å². The maximum absolute atomic E-state index is 5.38. The number of ether oxygens (including phenoxy) is 1. The first-order valence-electron chi connectivity index (χ1n) is 8.18. The fourth-order valence-electron chi connectivity index (χ4n) is 3.14. The van der Waals surface area contributed by atoms with Gasteiger partial charge in [-0.05, 0) is 24.0 Å². The van der Waals surface area contributed by atoms with Gasteiger partial charge in [0.05, 0.1) is 17.7 Å². The Morgan fingerprint density at radius 1 is 1.20 bits per heavy atom. The van der Waals surface area contributed by atoms with Crippen molar-refractivity contribution in [3.63, 3.8) is 0 Å². The summed E-state index contributed by atoms with van der Waals surface area (Å²) >= 11 is 1.65. The molecule has 2 heterocycles. The second-order valence-corrected chi connectivity index (χ2v) is 7.81. The molecule has 0 spiro atoms. The fourth-order valence-corrected chi connectivity index (χ4v) is 4.14. The number of nitrogens with zero attached hydrogens (tertiary/aromatic N) is 2. The first kappa shape index (κ1) is 16.0. The highest BCUT2D eigenvalue weighted by molar-refractivity contribution is 8.03. The molecule has 0 unspecified atom stereocenters. The van der Waals surface area contributed by atoms with Crippen LogP contribution in [-0.4, -0.2) is 17.1 Å². The minimum atomic E-state index is 0.0455. The van der Waals surface area contributed by atoms with Gasteiger partial charge in [-0.1, -0.05) is 49.9 Å². The Bertz CT molecular complexity index is 874. The summed E-state index contributed by atoms with van der Waals surface area (Å²) in [7, 11) is 1.63. The molecule has 5 nitrogen and oxygen atoms in total. The Hall–Kier alpha value is -2.47. The Morgan fingerprint density at radius 3 is 2.76 bits per heavy atom. The zero-order valence-electron chi connectivity index (χ0n) is 14.5. The highest BCUT2D eigenvalue weighted by Gasteiger charge is 2.33. The molecule has 6 heteroatoms. The number of hydrogen-bond donors (Lipinski definition) is 2. The molecule has 1 aromatic heterocycles. The molecule has 0 saturated carbocycles. The van der Waals surface area contributed by atoms with E-state index >= 15 is 0 Å². The maximum Gasteiger partial charge on any atom is 0.241 e. The molecule has 2 aromatic rings. The van der Waals surface area contributed by atoms with Gasteiger partial charge in [-0.2, -0.15) is 4.98 Å². The molecule has 0 bridgehead atoms. The molecule has 4 rings (SSSR count). The van der Waals surface area contributed by atoms with Crippen LogP contribution in [0.15, 0.2) is 64.1 Å². The molecule has 0 atom stereocenters. The van der Waals surface area contributed by atoms with Crippen LogP contribution in [0.1, 0.15) is 20.3 Å². The van der Waals surface area contributed by atoms with Gasteiger partial charge < -0.3 is 15.4 Å². The fraction of sp³-hybridized carbons (Fsp3) is 0.263. The van der Waals surface area contributed by atoms with E-state index in [1.165, 1.54) is 10.6 Å². The van der Waals surface area contributed by atoms with Gasteiger partial charge in [0.25, 0.3) is 0 Å². The first-order chi connectivity index (χ1) is 12.1. The van der Waals surface area contributed by atoms with Crippen LogP contribution >= 0.6 is 11.8 Å². The summed E-state index contributed by atoms with van der Waals surface area (Å²) in [5.74, 6) is 0.568. The largest absolute Gasteiger partial charge is 0.479 e. The van der Waals surface area contributed by atoms with Gasteiger partial charge in [-0.3, -0.25) is 0 Å². The van der Waals surface area contributed by atoms with Crippen molar-refractivity contribution in [1.82, 2.24) is 9.97 Å². The lowest BCUT2D eigenvalue weighted by Gasteiger charge is -2.35. The number of thioether (sulfide) groups is 1. The third kappa shape index (κ3) is 3.09. The van der Waals surface area contributed by atoms with E-state index in [9.17, 15) is 0 Å². The van der Waals surface area contributed by atoms with Gasteiger partial charge in [0.1, 0.15) is 17.0 Å². The van der Waals surface area contributed by atoms with Crippen LogP contribution in [0.3, 0.4) is 0 Å². The minimum absolute atomic E-state index is 0.0455. The van der Waals surface area contributed by atoms with Crippen LogP contribution in [0.2, 0.25) is 0 Å². The molecular formula is C19H20N4OS. The van der Waals surface area contributed by atoms with Crippen molar-refractivity contribution in [3.05, 3.63) is 59.0 Å². The monoisotopic (exact) mass is 352 g/mol. The van der Waals surface area contributed by atoms with Crippen LogP contribution in [0.25, 0.3) is 0 Å². The average molecular weight is 352 g/mol. The number of hydrogen-bond acceptors (Lipinski definition) is 6. The third-order valence-corrected chi connectivity index (χ3v) is 5.36. The van der Waals surface area contributed by atoms with E-state index in [4.69, 9.17) is 4.74 Å². The van der Waals surface area contributed by atoms with Crippen LogP contribution < -0.4 is 15.4 Å². The number of benzene rings is 1. The number of nitrogens with one attached hydrogen (secondary N) is 2. The highest BCUT2D eigenvalue weighted by atomic mass is 32.2. The number of allylic oxidation sites excluding steroid dienone is 2. The van der Waals surface area contributed by atoms with Crippen molar-refractivity contribution in [3.8, 4) is 5.88 Å². The summed E-state index contributed by atoms with van der Waals surface area (Å²) in [6.45, 7) is 4.48. The van der Waals surface area contributed by atoms with Crippen molar-refractivity contribution in [2.75, 3.05) is 17.7 Å². The summed E-state index contributed by atoms with van der Waals surface area (Å²) in [5, 5.41) is 7.96. The average Bonchev–Trinajstić information content (AvgIpc) is 2.60. The Kier molecular flexibility index (Phi) is 3.92. The summed E-state index contributed by atoms with van der Waals surface area (Å²) in [5.41, 5.74) is 4.26. The normalized spacial score (nSPS) is 17.8. The van der Waals surface area contributed by atoms with Gasteiger partial charge in [0.2, 0.25) is 5.88 Å². The van der Waals surface area contributed by atoms with Gasteiger partial charge in [0.15, 0.2) is 0 Å². The predicted octanol–water partition coefficient (Wildman–Crippen LogP) is 4.64. The zero-order chi connectivity index (χ0) is 17.4. The van der Waals surface area contributed by atoms with Crippen LogP contribution in [0, 0.1) is 5.41 Å². The van der Waals surface area contributed by atoms with Crippen molar-refractivity contribution >= 4 is 23.1 Å². The molecule has 2 N–H and O–H groups in total. The van der Waals surface area contributed by atoms with E-state index in [0.29, 0.717) is 5.88 Å². The standard InChI is InChI=1S/C19H20N4OS/c1-19(2)9-13(22-12-7-5-4-6-8-12)16-14(10-19)23-15-17(24-3)20-11-21-18(15)25-16/h4-8,10-11,22-23H,9H2,1-3H3. The molecule has 128 valence electrons. The second-order valence-electron chi connectivity index (χ2n) is 6.81. The van der Waals surface area contributed by atoms with Crippen LogP contribution in [0.5, 0.6) is 5.88 Å². The molecule has 0 radical (unpaired) electrons. The van der Waals surface area contributed by atoms with E-state index in [2.05, 4.69) is 52.7 Å². The van der Waals surface area contributed by atoms with Gasteiger partial charge in [-0.15, -0.1) is 0 Å². The topological polar surface area (TPSA) is 59.1 Å². The van der Waals surface area contributed by atoms with Gasteiger partial charge in [0, 0.05) is 11.4 Å². The van der Waals surface area contributed by atoms with E-state index < -0.39 is 0 Å². The Morgan fingerprint density at radius 2 is 2.00 bits per heavy atom. The van der Waals surface area contributed by atoms with Crippen molar-refractivity contribution in [1.29, 1.82) is 0 Å². The lowest BCUT2D eigenvalue weighted by Crippen LogP contribution is -2.24. The van der Waals surface area contributed by atoms with E-state index in [1.54, 1.807) is 25.2 Å². The first-order valence-corrected chi connectivity index (χ1v) is 9.00. The van der Waals surface area contributed by atoms with E-state index in [0.717, 1.165) is 28.5 Å². The third-order valence-electron chi connectivity index (χ3n) is 4.18. The Labute approximate surface area is 151 Å². The van der Waals surface area contributed by atoms with Crippen molar-refractivity contribution in [2.24, 2.45) is 5.41 Å². The molecule has 1 aromatic carbocycles. The molecule has 0 fully saturated rings. The molecule has 0 amide bonds. The number of fused-ring (bicyclic) bond motifs is 2. The lowest BCUT2D eigenvalue weighted by molar-refractivity contribution is 0.397. The molecule has 1 aliphatic carbocycles. The zero-order valence-corrected chi connectivity index (χ0v) is 15.3. The second kappa shape index (κ2) is 6.11. The number of anilines is 2. The lowest BCUT2D eigenvalue weighted by atomic mass is 9.83. The maximum atomic E-state index is 5.38. The quantitative estimate of drug-likeness (QED) is 0.785. The van der Waals surface area contributed by atoms with E-state index in [-0.39, 0.29) is 5.41 Å². The molecule has 0 saturated heterocycles. The highest BCUT2D eigenvalue weighted by Crippen LogP contribution is 2.50. The molecule has 2 aliphatic rings. The number of methoxy groups -OCH3 is 1. The SMILES string of the molecule is COc1ncnc2c1NC1=CC(C)(C)CC(Nc3ccccc3)=C1S2. The Balaban J connectivity index is 1.78. The van der Waals surface area contributed by atoms with Gasteiger partial charge in [-0.25, -0.2) is 4.98 Å². The summed E-state index contributed by atoms with van der Waals surface area (Å²) < 4.78 is 5.38. The minimum Gasteiger partial charge on any atom is -0.479 e. The number of aromatic nitrogens is 2. The number of rotatable bonds is 3. The van der Waals surface area contributed by atoms with Gasteiger partial charge >= 0.3 is 0 Å². The van der Waals surface area contributed by atoms with Crippen molar-refractivity contribution < 1.29 is 4.74 Å². The summed E-state index contributed by atoms with van der Waals surface area (Å²) in [6, 6.07) is 10.3. The molecular weight excluding hydrogens is 332 g/mol. The molecule has 1 aliphatic heterocycles. The van der Waals surface area contributed by atoms with E-state index in [1.807, 2.05) is 18.2 Å². The predicted molar refractivity (Wildman–Crippen MR) is 102 cm³/mol. The van der Waals surface area contributed by atoms with Crippen LogP contribution in [0.4, 0.5) is 11.4 Å². The summed E-state index contributed by atoms with van der Waals surface area (Å²) in [4.78, 5) is 9.80. The summed E-state index contributed by atoms with van der Waals surface area (Å²) in [6.07, 6.45) is 4.76. The molecule has 25 heavy (non-hydrogen) atoms. The number of para-hydroxylation sites is 1. The van der Waals surface area contributed by atoms with Crippen molar-refractivity contribution in [2.45, 2.75) is 25.3 Å². The smallest absolute Gasteiger partial charge is 0.241 e.